The zero-order valence-corrected chi connectivity index (χ0v) is 12.7. The summed E-state index contributed by atoms with van der Waals surface area (Å²) in [6.45, 7) is 0.513. The van der Waals surface area contributed by atoms with Crippen LogP contribution in [0.1, 0.15) is 5.76 Å². The molecule has 0 aromatic carbocycles. The first-order valence-electron chi connectivity index (χ1n) is 7.48. The molecule has 0 saturated heterocycles. The van der Waals surface area contributed by atoms with E-state index in [1.807, 2.05) is 36.4 Å². The van der Waals surface area contributed by atoms with Crippen LogP contribution in [-0.4, -0.2) is 15.0 Å². The van der Waals surface area contributed by atoms with Crippen molar-refractivity contribution in [1.82, 2.24) is 15.0 Å². The zero-order chi connectivity index (χ0) is 16.2. The summed E-state index contributed by atoms with van der Waals surface area (Å²) < 4.78 is 10.8. The topological polar surface area (TPSA) is 77.0 Å². The number of nitrogens with one attached hydrogen (secondary N) is 1. The van der Waals surface area contributed by atoms with Crippen molar-refractivity contribution >= 4 is 5.95 Å². The quantitative estimate of drug-likeness (QED) is 0.599. The minimum absolute atomic E-state index is 0.510. The summed E-state index contributed by atoms with van der Waals surface area (Å²) in [6.07, 6.45) is 8.53. The lowest BCUT2D eigenvalue weighted by Crippen LogP contribution is -2.04. The van der Waals surface area contributed by atoms with Gasteiger partial charge in [0.05, 0.1) is 19.1 Å². The fourth-order valence-electron chi connectivity index (χ4n) is 2.39. The standard InChI is InChI=1S/C18H14N4O2/c1-3-14(23-9-1)11-20-18-21-12-15(13-5-7-19-8-6-13)17(22-18)16-4-2-10-24-16/h1-10,12H,11H2,(H,20,21,22). The van der Waals surface area contributed by atoms with E-state index in [1.165, 1.54) is 0 Å². The van der Waals surface area contributed by atoms with Crippen LogP contribution < -0.4 is 5.32 Å². The van der Waals surface area contributed by atoms with Crippen LogP contribution in [-0.2, 0) is 6.54 Å². The van der Waals surface area contributed by atoms with Gasteiger partial charge in [-0.1, -0.05) is 0 Å². The Balaban J connectivity index is 1.70. The fourth-order valence-corrected chi connectivity index (χ4v) is 2.39. The van der Waals surface area contributed by atoms with Crippen LogP contribution in [0.2, 0.25) is 0 Å². The van der Waals surface area contributed by atoms with Gasteiger partial charge in [-0.05, 0) is 42.0 Å². The lowest BCUT2D eigenvalue weighted by molar-refractivity contribution is 0.517. The molecule has 118 valence electrons. The van der Waals surface area contributed by atoms with Crippen molar-refractivity contribution < 1.29 is 8.83 Å². The van der Waals surface area contributed by atoms with E-state index >= 15 is 0 Å². The number of rotatable bonds is 5. The van der Waals surface area contributed by atoms with Gasteiger partial charge in [0.1, 0.15) is 11.5 Å². The molecule has 0 aliphatic rings. The minimum atomic E-state index is 0.510. The summed E-state index contributed by atoms with van der Waals surface area (Å²) in [5, 5.41) is 3.16. The average molecular weight is 318 g/mol. The number of aromatic nitrogens is 3. The molecule has 4 aromatic rings. The van der Waals surface area contributed by atoms with Crippen molar-refractivity contribution in [3.63, 3.8) is 0 Å². The van der Waals surface area contributed by atoms with Gasteiger partial charge in [0.15, 0.2) is 5.76 Å². The molecular formula is C18H14N4O2. The second kappa shape index (κ2) is 6.37. The molecule has 0 fully saturated rings. The molecule has 1 N–H and O–H groups in total. The van der Waals surface area contributed by atoms with E-state index in [-0.39, 0.29) is 0 Å². The van der Waals surface area contributed by atoms with Gasteiger partial charge in [-0.3, -0.25) is 4.98 Å². The van der Waals surface area contributed by atoms with Crippen LogP contribution in [0.3, 0.4) is 0 Å². The minimum Gasteiger partial charge on any atom is -0.467 e. The molecule has 0 amide bonds. The molecule has 0 unspecified atom stereocenters. The van der Waals surface area contributed by atoms with Gasteiger partial charge >= 0.3 is 0 Å². The maximum Gasteiger partial charge on any atom is 0.223 e. The number of hydrogen-bond acceptors (Lipinski definition) is 6. The van der Waals surface area contributed by atoms with Gasteiger partial charge in [-0.2, -0.15) is 0 Å². The van der Waals surface area contributed by atoms with E-state index in [0.29, 0.717) is 18.3 Å². The van der Waals surface area contributed by atoms with E-state index in [0.717, 1.165) is 22.6 Å². The summed E-state index contributed by atoms with van der Waals surface area (Å²) in [4.78, 5) is 13.1. The number of anilines is 1. The Hall–Kier alpha value is -3.41. The molecular weight excluding hydrogens is 304 g/mol. The SMILES string of the molecule is c1coc(CNc2ncc(-c3ccncc3)c(-c3ccco3)n2)c1. The molecule has 6 nitrogen and oxygen atoms in total. The molecule has 0 radical (unpaired) electrons. The van der Waals surface area contributed by atoms with Gasteiger partial charge < -0.3 is 14.2 Å². The van der Waals surface area contributed by atoms with Gasteiger partial charge in [0, 0.05) is 24.2 Å². The third-order valence-corrected chi connectivity index (χ3v) is 3.54. The van der Waals surface area contributed by atoms with Crippen molar-refractivity contribution in [3.05, 3.63) is 73.3 Å². The van der Waals surface area contributed by atoms with E-state index in [9.17, 15) is 0 Å². The lowest BCUT2D eigenvalue weighted by atomic mass is 10.1. The highest BCUT2D eigenvalue weighted by atomic mass is 16.3. The molecule has 4 aromatic heterocycles. The zero-order valence-electron chi connectivity index (χ0n) is 12.7. The van der Waals surface area contributed by atoms with Crippen LogP contribution in [0.4, 0.5) is 5.95 Å². The van der Waals surface area contributed by atoms with E-state index < -0.39 is 0 Å². The maximum absolute atomic E-state index is 5.53. The lowest BCUT2D eigenvalue weighted by Gasteiger charge is -2.09. The highest BCUT2D eigenvalue weighted by Gasteiger charge is 2.14. The summed E-state index contributed by atoms with van der Waals surface area (Å²) in [6, 6.07) is 11.3. The van der Waals surface area contributed by atoms with Gasteiger partial charge in [-0.25, -0.2) is 9.97 Å². The smallest absolute Gasteiger partial charge is 0.223 e. The Kier molecular flexibility index (Phi) is 3.77. The predicted octanol–water partition coefficient (Wildman–Crippen LogP) is 4.00. The van der Waals surface area contributed by atoms with Crippen molar-refractivity contribution in [3.8, 4) is 22.6 Å². The summed E-state index contributed by atoms with van der Waals surface area (Å²) in [5.41, 5.74) is 2.59. The molecule has 0 bridgehead atoms. The summed E-state index contributed by atoms with van der Waals surface area (Å²) in [7, 11) is 0. The van der Waals surface area contributed by atoms with Crippen molar-refractivity contribution in [1.29, 1.82) is 0 Å². The van der Waals surface area contributed by atoms with Gasteiger partial charge in [0.25, 0.3) is 0 Å². The average Bonchev–Trinajstić information content (AvgIpc) is 3.34. The van der Waals surface area contributed by atoms with Crippen LogP contribution in [0, 0.1) is 0 Å². The molecule has 0 aliphatic carbocycles. The molecule has 24 heavy (non-hydrogen) atoms. The normalized spacial score (nSPS) is 10.7. The largest absolute Gasteiger partial charge is 0.467 e. The maximum atomic E-state index is 5.53. The Bertz CT molecular complexity index is 904. The highest BCUT2D eigenvalue weighted by Crippen LogP contribution is 2.30. The van der Waals surface area contributed by atoms with Gasteiger partial charge in [-0.15, -0.1) is 0 Å². The number of nitrogens with zero attached hydrogens (tertiary/aromatic N) is 3. The molecule has 4 heterocycles. The first kappa shape index (κ1) is 14.2. The highest BCUT2D eigenvalue weighted by molar-refractivity contribution is 5.78. The molecule has 4 rings (SSSR count). The molecule has 0 saturated carbocycles. The molecule has 0 aliphatic heterocycles. The second-order valence-electron chi connectivity index (χ2n) is 5.10. The Morgan fingerprint density at radius 1 is 0.958 bits per heavy atom. The molecule has 0 atom stereocenters. The number of furan rings is 2. The van der Waals surface area contributed by atoms with Crippen molar-refractivity contribution in [2.45, 2.75) is 6.54 Å². The van der Waals surface area contributed by atoms with Crippen LogP contribution >= 0.6 is 0 Å². The van der Waals surface area contributed by atoms with E-state index in [2.05, 4.69) is 20.3 Å². The van der Waals surface area contributed by atoms with Crippen LogP contribution in [0.5, 0.6) is 0 Å². The summed E-state index contributed by atoms with van der Waals surface area (Å²) in [5.74, 6) is 2.01. The third-order valence-electron chi connectivity index (χ3n) is 3.54. The monoisotopic (exact) mass is 318 g/mol. The fraction of sp³-hybridized carbons (Fsp3) is 0.0556. The first-order chi connectivity index (χ1) is 11.9. The summed E-state index contributed by atoms with van der Waals surface area (Å²) >= 11 is 0. The number of hydrogen-bond donors (Lipinski definition) is 1. The van der Waals surface area contributed by atoms with E-state index in [4.69, 9.17) is 8.83 Å². The van der Waals surface area contributed by atoms with Crippen LogP contribution in [0.15, 0.2) is 76.3 Å². The van der Waals surface area contributed by atoms with E-state index in [1.54, 1.807) is 31.1 Å². The Morgan fingerprint density at radius 2 is 1.79 bits per heavy atom. The second-order valence-corrected chi connectivity index (χ2v) is 5.10. The Morgan fingerprint density at radius 3 is 2.54 bits per heavy atom. The van der Waals surface area contributed by atoms with Gasteiger partial charge in [0.2, 0.25) is 5.95 Å². The van der Waals surface area contributed by atoms with Crippen LogP contribution in [0.25, 0.3) is 22.6 Å². The molecule has 0 spiro atoms. The first-order valence-corrected chi connectivity index (χ1v) is 7.48. The Labute approximate surface area is 138 Å². The predicted molar refractivity (Wildman–Crippen MR) is 89.0 cm³/mol. The number of pyridine rings is 1. The van der Waals surface area contributed by atoms with Crippen molar-refractivity contribution in [2.24, 2.45) is 0 Å². The van der Waals surface area contributed by atoms with Crippen molar-refractivity contribution in [2.75, 3.05) is 5.32 Å². The molecule has 6 heteroatoms. The third kappa shape index (κ3) is 2.89.